The number of hydrogen-bond acceptors (Lipinski definition) is 6. The molecule has 8 heteroatoms. The van der Waals surface area contributed by atoms with Crippen molar-refractivity contribution in [3.8, 4) is 5.75 Å². The normalized spacial score (nSPS) is 10.9. The zero-order valence-electron chi connectivity index (χ0n) is 10.2. The van der Waals surface area contributed by atoms with Crippen molar-refractivity contribution in [2.24, 2.45) is 0 Å². The Balaban J connectivity index is 3.16. The van der Waals surface area contributed by atoms with Crippen molar-refractivity contribution in [3.63, 3.8) is 0 Å². The molecule has 0 amide bonds. The van der Waals surface area contributed by atoms with Gasteiger partial charge in [-0.2, -0.15) is 0 Å². The lowest BCUT2D eigenvalue weighted by atomic mass is 10.2. The van der Waals surface area contributed by atoms with E-state index in [0.717, 1.165) is 13.0 Å². The van der Waals surface area contributed by atoms with Gasteiger partial charge in [0.05, 0.1) is 4.90 Å². The number of halogens is 1. The molecule has 0 aliphatic carbocycles. The van der Waals surface area contributed by atoms with E-state index >= 15 is 0 Å². The third-order valence-corrected chi connectivity index (χ3v) is 3.36. The molecule has 0 spiro atoms. The Hall–Kier alpha value is -1.60. The van der Waals surface area contributed by atoms with Gasteiger partial charge in [-0.05, 0) is 6.07 Å². The molecule has 0 bridgehead atoms. The summed E-state index contributed by atoms with van der Waals surface area (Å²) in [4.78, 5) is 21.5. The molecule has 104 valence electrons. The fourth-order valence-corrected chi connectivity index (χ4v) is 2.00. The van der Waals surface area contributed by atoms with Crippen LogP contribution in [0.15, 0.2) is 23.1 Å². The van der Waals surface area contributed by atoms with Crippen molar-refractivity contribution in [1.29, 1.82) is 0 Å². The van der Waals surface area contributed by atoms with Crippen LogP contribution in [0.5, 0.6) is 5.75 Å². The van der Waals surface area contributed by atoms with Gasteiger partial charge in [-0.25, -0.2) is 8.42 Å². The Bertz CT molecular complexity index is 608. The van der Waals surface area contributed by atoms with Gasteiger partial charge in [-0.1, -0.05) is 6.07 Å². The molecule has 6 nitrogen and oxygen atoms in total. The number of rotatable bonds is 4. The molecule has 0 saturated carbocycles. The minimum absolute atomic E-state index is 0.0181. The molecule has 0 atom stereocenters. The van der Waals surface area contributed by atoms with Crippen molar-refractivity contribution in [2.75, 3.05) is 0 Å². The van der Waals surface area contributed by atoms with Crippen LogP contribution in [0, 0.1) is 0 Å². The first-order chi connectivity index (χ1) is 8.70. The molecule has 1 aromatic carbocycles. The minimum atomic E-state index is -3.94. The third kappa shape index (κ3) is 4.88. The summed E-state index contributed by atoms with van der Waals surface area (Å²) in [6.45, 7) is 2.25. The number of benzene rings is 1. The van der Waals surface area contributed by atoms with Crippen molar-refractivity contribution in [1.82, 2.24) is 0 Å². The monoisotopic (exact) mass is 306 g/mol. The van der Waals surface area contributed by atoms with Gasteiger partial charge in [0.1, 0.15) is 12.4 Å². The number of ether oxygens (including phenoxy) is 2. The summed E-state index contributed by atoms with van der Waals surface area (Å²) in [7, 11) is 1.26. The Kier molecular flexibility index (Phi) is 4.90. The second kappa shape index (κ2) is 6.03. The highest BCUT2D eigenvalue weighted by Gasteiger charge is 2.15. The lowest BCUT2D eigenvalue weighted by molar-refractivity contribution is -0.142. The van der Waals surface area contributed by atoms with Gasteiger partial charge in [0, 0.05) is 36.2 Å². The topological polar surface area (TPSA) is 86.7 Å². The zero-order chi connectivity index (χ0) is 14.6. The van der Waals surface area contributed by atoms with Crippen LogP contribution in [-0.4, -0.2) is 20.4 Å². The molecule has 1 rings (SSSR count). The quantitative estimate of drug-likeness (QED) is 0.477. The molecule has 0 aliphatic heterocycles. The average Bonchev–Trinajstić information content (AvgIpc) is 2.25. The van der Waals surface area contributed by atoms with Crippen LogP contribution >= 0.6 is 10.7 Å². The second-order valence-corrected chi connectivity index (χ2v) is 6.15. The highest BCUT2D eigenvalue weighted by molar-refractivity contribution is 8.13. The number of hydrogen-bond donors (Lipinski definition) is 0. The molecule has 0 saturated heterocycles. The number of carbonyl (C=O) groups is 2. The summed E-state index contributed by atoms with van der Waals surface area (Å²) in [6.07, 6.45) is 0. The lowest BCUT2D eigenvalue weighted by Crippen LogP contribution is -2.07. The molecule has 1 aromatic rings. The molecule has 0 unspecified atom stereocenters. The van der Waals surface area contributed by atoms with Crippen LogP contribution in [0.3, 0.4) is 0 Å². The van der Waals surface area contributed by atoms with Gasteiger partial charge in [0.25, 0.3) is 9.05 Å². The van der Waals surface area contributed by atoms with E-state index in [9.17, 15) is 18.0 Å². The van der Waals surface area contributed by atoms with E-state index in [0.29, 0.717) is 5.56 Å². The second-order valence-electron chi connectivity index (χ2n) is 3.58. The minimum Gasteiger partial charge on any atom is -0.461 e. The Morgan fingerprint density at radius 2 is 1.84 bits per heavy atom. The SMILES string of the molecule is CC(=O)OCc1ccc(S(=O)(=O)Cl)cc1OC(C)=O. The van der Waals surface area contributed by atoms with Gasteiger partial charge < -0.3 is 9.47 Å². The molecule has 19 heavy (non-hydrogen) atoms. The summed E-state index contributed by atoms with van der Waals surface area (Å²) in [5, 5.41) is 0. The third-order valence-electron chi connectivity index (χ3n) is 2.00. The van der Waals surface area contributed by atoms with E-state index in [1.807, 2.05) is 0 Å². The summed E-state index contributed by atoms with van der Waals surface area (Å²) in [5.74, 6) is -1.16. The highest BCUT2D eigenvalue weighted by atomic mass is 35.7. The van der Waals surface area contributed by atoms with Gasteiger partial charge in [0.2, 0.25) is 0 Å². The molecule has 0 aromatic heterocycles. The Morgan fingerprint density at radius 1 is 1.21 bits per heavy atom. The fraction of sp³-hybridized carbons (Fsp3) is 0.273. The van der Waals surface area contributed by atoms with Crippen LogP contribution in [0.25, 0.3) is 0 Å². The summed E-state index contributed by atoms with van der Waals surface area (Å²) >= 11 is 0. The average molecular weight is 307 g/mol. The van der Waals surface area contributed by atoms with Crippen LogP contribution < -0.4 is 4.74 Å². The number of esters is 2. The largest absolute Gasteiger partial charge is 0.461 e. The summed E-state index contributed by atoms with van der Waals surface area (Å²) < 4.78 is 32.0. The molecule has 0 fully saturated rings. The van der Waals surface area contributed by atoms with Crippen LogP contribution in [0.4, 0.5) is 0 Å². The van der Waals surface area contributed by atoms with Crippen molar-refractivity contribution < 1.29 is 27.5 Å². The molecule has 0 N–H and O–H groups in total. The predicted molar refractivity (Wildman–Crippen MR) is 66.3 cm³/mol. The summed E-state index contributed by atoms with van der Waals surface area (Å²) in [6, 6.07) is 3.69. The first kappa shape index (κ1) is 15.5. The smallest absolute Gasteiger partial charge is 0.308 e. The van der Waals surface area contributed by atoms with Crippen molar-refractivity contribution >= 4 is 31.7 Å². The van der Waals surface area contributed by atoms with E-state index in [-0.39, 0.29) is 17.3 Å². The molecular weight excluding hydrogens is 296 g/mol. The van der Waals surface area contributed by atoms with E-state index in [4.69, 9.17) is 20.2 Å². The predicted octanol–water partition coefficient (Wildman–Crippen LogP) is 1.60. The first-order valence-corrected chi connectivity index (χ1v) is 7.40. The van der Waals surface area contributed by atoms with E-state index in [1.54, 1.807) is 0 Å². The van der Waals surface area contributed by atoms with Crippen LogP contribution in [-0.2, 0) is 30.0 Å². The van der Waals surface area contributed by atoms with E-state index < -0.39 is 21.0 Å². The standard InChI is InChI=1S/C11H11ClO6S/c1-7(13)17-6-9-3-4-10(19(12,15)16)5-11(9)18-8(2)14/h3-5H,6H2,1-2H3. The maximum absolute atomic E-state index is 11.2. The van der Waals surface area contributed by atoms with Crippen LogP contribution in [0.1, 0.15) is 19.4 Å². The van der Waals surface area contributed by atoms with Crippen LogP contribution in [0.2, 0.25) is 0 Å². The Labute approximate surface area is 114 Å². The number of carbonyl (C=O) groups excluding carboxylic acids is 2. The molecule has 0 heterocycles. The molecular formula is C11H11ClO6S. The van der Waals surface area contributed by atoms with Gasteiger partial charge >= 0.3 is 11.9 Å². The van der Waals surface area contributed by atoms with Crippen molar-refractivity contribution in [2.45, 2.75) is 25.3 Å². The molecule has 0 radical (unpaired) electrons. The summed E-state index contributed by atoms with van der Waals surface area (Å²) in [5.41, 5.74) is 0.356. The Morgan fingerprint density at radius 3 is 2.32 bits per heavy atom. The van der Waals surface area contributed by atoms with E-state index in [2.05, 4.69) is 0 Å². The van der Waals surface area contributed by atoms with Crippen molar-refractivity contribution in [3.05, 3.63) is 23.8 Å². The van der Waals surface area contributed by atoms with Gasteiger partial charge in [0.15, 0.2) is 0 Å². The van der Waals surface area contributed by atoms with Gasteiger partial charge in [-0.3, -0.25) is 9.59 Å². The lowest BCUT2D eigenvalue weighted by Gasteiger charge is -2.10. The van der Waals surface area contributed by atoms with E-state index in [1.165, 1.54) is 19.1 Å². The fourth-order valence-electron chi connectivity index (χ4n) is 1.24. The maximum atomic E-state index is 11.2. The first-order valence-electron chi connectivity index (χ1n) is 5.09. The van der Waals surface area contributed by atoms with Gasteiger partial charge in [-0.15, -0.1) is 0 Å². The maximum Gasteiger partial charge on any atom is 0.308 e. The highest BCUT2D eigenvalue weighted by Crippen LogP contribution is 2.26. The zero-order valence-corrected chi connectivity index (χ0v) is 11.7. The molecule has 0 aliphatic rings.